The van der Waals surface area contributed by atoms with Crippen LogP contribution in [0.4, 0.5) is 0 Å². The molecule has 2 heterocycles. The molecule has 1 aliphatic heterocycles. The van der Waals surface area contributed by atoms with Crippen LogP contribution in [0.3, 0.4) is 0 Å². The number of aromatic nitrogens is 2. The van der Waals surface area contributed by atoms with Crippen LogP contribution in [-0.2, 0) is 4.74 Å². The second kappa shape index (κ2) is 7.51. The number of nitrogens with zero attached hydrogens (tertiary/aromatic N) is 3. The van der Waals surface area contributed by atoms with Gasteiger partial charge in [-0.3, -0.25) is 4.99 Å². The number of hydrogen-bond donors (Lipinski definition) is 1. The summed E-state index contributed by atoms with van der Waals surface area (Å²) in [6.45, 7) is 0. The topological polar surface area (TPSA) is 81.8 Å². The average Bonchev–Trinajstić information content (AvgIpc) is 3.46. The molecule has 1 aromatic heterocycles. The lowest BCUT2D eigenvalue weighted by atomic mass is 10.1. The van der Waals surface area contributed by atoms with Gasteiger partial charge in [0, 0.05) is 28.5 Å². The van der Waals surface area contributed by atoms with Crippen molar-refractivity contribution in [2.24, 2.45) is 4.99 Å². The first-order valence-electron chi connectivity index (χ1n) is 9.63. The monoisotopic (exact) mass is 400 g/mol. The van der Waals surface area contributed by atoms with E-state index in [-0.39, 0.29) is 6.04 Å². The van der Waals surface area contributed by atoms with Gasteiger partial charge in [0.25, 0.3) is 5.89 Å². The van der Waals surface area contributed by atoms with Crippen LogP contribution in [0.5, 0.6) is 5.75 Å². The normalized spacial score (nSPS) is 17.4. The highest BCUT2D eigenvalue weighted by Crippen LogP contribution is 2.27. The first-order valence-corrected chi connectivity index (χ1v) is 9.63. The van der Waals surface area contributed by atoms with Gasteiger partial charge in [-0.05, 0) is 36.8 Å². The number of hydrogen-bond acceptors (Lipinski definition) is 7. The molecule has 3 aromatic rings. The first kappa shape index (κ1) is 18.2. The summed E-state index contributed by atoms with van der Waals surface area (Å²) in [5.41, 5.74) is 3.79. The van der Waals surface area contributed by atoms with E-state index in [9.17, 15) is 0 Å². The Morgan fingerprint density at radius 2 is 1.67 bits per heavy atom. The minimum Gasteiger partial charge on any atom is -0.497 e. The minimum atomic E-state index is 0.128. The molecule has 2 aromatic carbocycles. The number of methoxy groups -OCH3 is 2. The molecule has 7 nitrogen and oxygen atoms in total. The molecule has 0 radical (unpaired) electrons. The Hall–Kier alpha value is -3.87. The van der Waals surface area contributed by atoms with Crippen LogP contribution in [-0.4, -0.2) is 36.2 Å². The molecule has 0 bridgehead atoms. The lowest BCUT2D eigenvalue weighted by Gasteiger charge is -2.14. The van der Waals surface area contributed by atoms with Crippen LogP contribution < -0.4 is 10.1 Å². The first-order chi connectivity index (χ1) is 14.7. The lowest BCUT2D eigenvalue weighted by molar-refractivity contribution is 0.302. The molecule has 1 aliphatic carbocycles. The number of fused-ring (bicyclic) bond motifs is 1. The third-order valence-corrected chi connectivity index (χ3v) is 5.16. The van der Waals surface area contributed by atoms with Gasteiger partial charge in [-0.15, -0.1) is 0 Å². The largest absolute Gasteiger partial charge is 0.497 e. The highest BCUT2D eigenvalue weighted by molar-refractivity contribution is 6.02. The molecule has 2 aliphatic rings. The van der Waals surface area contributed by atoms with Crippen molar-refractivity contribution in [2.45, 2.75) is 12.5 Å². The van der Waals surface area contributed by atoms with Gasteiger partial charge in [0.2, 0.25) is 5.82 Å². The summed E-state index contributed by atoms with van der Waals surface area (Å²) in [7, 11) is 3.31. The summed E-state index contributed by atoms with van der Waals surface area (Å²) < 4.78 is 15.9. The molecule has 5 rings (SSSR count). The summed E-state index contributed by atoms with van der Waals surface area (Å²) in [5, 5.41) is 7.51. The van der Waals surface area contributed by atoms with E-state index in [0.717, 1.165) is 46.2 Å². The molecular formula is C23H20N4O3. The third-order valence-electron chi connectivity index (χ3n) is 5.16. The molecule has 0 spiro atoms. The summed E-state index contributed by atoms with van der Waals surface area (Å²) >= 11 is 0. The number of nitrogens with one attached hydrogen (secondary N) is 1. The lowest BCUT2D eigenvalue weighted by Crippen LogP contribution is -2.21. The second-order valence-electron chi connectivity index (χ2n) is 6.99. The predicted octanol–water partition coefficient (Wildman–Crippen LogP) is 3.95. The minimum absolute atomic E-state index is 0.128. The highest BCUT2D eigenvalue weighted by atomic mass is 16.5. The Morgan fingerprint density at radius 1 is 0.933 bits per heavy atom. The fourth-order valence-corrected chi connectivity index (χ4v) is 3.49. The van der Waals surface area contributed by atoms with Crippen molar-refractivity contribution in [3.8, 4) is 28.6 Å². The van der Waals surface area contributed by atoms with Crippen molar-refractivity contribution < 1.29 is 14.0 Å². The van der Waals surface area contributed by atoms with E-state index in [1.807, 2.05) is 54.6 Å². The van der Waals surface area contributed by atoms with Crippen molar-refractivity contribution in [2.75, 3.05) is 14.2 Å². The molecule has 0 fully saturated rings. The van der Waals surface area contributed by atoms with Crippen molar-refractivity contribution in [3.63, 3.8) is 0 Å². The molecule has 0 saturated heterocycles. The molecule has 0 saturated carbocycles. The van der Waals surface area contributed by atoms with Gasteiger partial charge in [0.15, 0.2) is 0 Å². The Kier molecular flexibility index (Phi) is 4.55. The molecule has 30 heavy (non-hydrogen) atoms. The fraction of sp³-hybridized carbons (Fsp3) is 0.174. The predicted molar refractivity (Wildman–Crippen MR) is 113 cm³/mol. The second-order valence-corrected chi connectivity index (χ2v) is 6.99. The summed E-state index contributed by atoms with van der Waals surface area (Å²) in [6.07, 6.45) is 4.89. The van der Waals surface area contributed by atoms with Crippen LogP contribution in [0, 0.1) is 0 Å². The van der Waals surface area contributed by atoms with Gasteiger partial charge in [-0.1, -0.05) is 29.4 Å². The average molecular weight is 400 g/mol. The summed E-state index contributed by atoms with van der Waals surface area (Å²) in [4.78, 5) is 9.30. The van der Waals surface area contributed by atoms with E-state index < -0.39 is 0 Å². The smallest absolute Gasteiger partial charge is 0.258 e. The van der Waals surface area contributed by atoms with Crippen molar-refractivity contribution >= 4 is 5.84 Å². The number of ether oxygens (including phenoxy) is 2. The molecule has 150 valence electrons. The van der Waals surface area contributed by atoms with Crippen molar-refractivity contribution in [1.82, 2.24) is 15.5 Å². The van der Waals surface area contributed by atoms with Gasteiger partial charge in [-0.2, -0.15) is 4.98 Å². The fourth-order valence-electron chi connectivity index (χ4n) is 3.49. The maximum atomic E-state index is 5.43. The SMILES string of the molecule is COC1=CCC2N=C(c3ccc(-c4noc(-c5ccc(OC)cc5)n4)cc3)NC2=C1. The van der Waals surface area contributed by atoms with E-state index >= 15 is 0 Å². The standard InChI is InChI=1S/C23H20N4O3/c1-28-17-9-7-16(8-10-17)23-26-22(27-30-23)15-5-3-14(4-6-15)21-24-19-12-11-18(29-2)13-20(19)25-21/h3-11,13,19H,12H2,1-2H3,(H,24,25). The van der Waals surface area contributed by atoms with Gasteiger partial charge < -0.3 is 19.3 Å². The Morgan fingerprint density at radius 3 is 2.40 bits per heavy atom. The number of aliphatic imine (C=N–C) groups is 1. The Balaban J connectivity index is 1.33. The molecule has 7 heteroatoms. The van der Waals surface area contributed by atoms with Crippen LogP contribution in [0.2, 0.25) is 0 Å². The van der Waals surface area contributed by atoms with Crippen molar-refractivity contribution in [3.05, 3.63) is 77.7 Å². The van der Waals surface area contributed by atoms with Crippen LogP contribution in [0.1, 0.15) is 12.0 Å². The van der Waals surface area contributed by atoms with E-state index in [1.54, 1.807) is 14.2 Å². The third kappa shape index (κ3) is 3.34. The van der Waals surface area contributed by atoms with Crippen LogP contribution in [0.15, 0.2) is 81.7 Å². The highest BCUT2D eigenvalue weighted by Gasteiger charge is 2.25. The zero-order valence-electron chi connectivity index (χ0n) is 16.6. The summed E-state index contributed by atoms with van der Waals surface area (Å²) in [5.74, 6) is 3.51. The van der Waals surface area contributed by atoms with Crippen LogP contribution >= 0.6 is 0 Å². The molecule has 0 amide bonds. The van der Waals surface area contributed by atoms with E-state index in [2.05, 4.69) is 21.5 Å². The Labute approximate surface area is 173 Å². The van der Waals surface area contributed by atoms with E-state index in [1.165, 1.54) is 0 Å². The molecular weight excluding hydrogens is 380 g/mol. The number of amidine groups is 1. The number of rotatable bonds is 5. The maximum Gasteiger partial charge on any atom is 0.258 e. The van der Waals surface area contributed by atoms with E-state index in [4.69, 9.17) is 19.0 Å². The van der Waals surface area contributed by atoms with E-state index in [0.29, 0.717) is 11.7 Å². The zero-order valence-corrected chi connectivity index (χ0v) is 16.6. The molecule has 1 atom stereocenters. The molecule has 1 N–H and O–H groups in total. The number of allylic oxidation sites excluding steroid dienone is 1. The van der Waals surface area contributed by atoms with Crippen LogP contribution in [0.25, 0.3) is 22.8 Å². The van der Waals surface area contributed by atoms with Crippen molar-refractivity contribution in [1.29, 1.82) is 0 Å². The zero-order chi connectivity index (χ0) is 20.5. The van der Waals surface area contributed by atoms with Gasteiger partial charge in [-0.25, -0.2) is 0 Å². The van der Waals surface area contributed by atoms with Gasteiger partial charge >= 0.3 is 0 Å². The molecule has 1 unspecified atom stereocenters. The quantitative estimate of drug-likeness (QED) is 0.698. The Bertz CT molecular complexity index is 1160. The summed E-state index contributed by atoms with van der Waals surface area (Å²) in [6, 6.07) is 15.6. The van der Waals surface area contributed by atoms with Gasteiger partial charge in [0.05, 0.1) is 20.3 Å². The number of benzene rings is 2. The van der Waals surface area contributed by atoms with Gasteiger partial charge in [0.1, 0.15) is 17.3 Å². The maximum absolute atomic E-state index is 5.43.